The average molecular weight is 325 g/mol. The molecule has 3 rings (SSSR count). The van der Waals surface area contributed by atoms with Crippen LogP contribution in [0.5, 0.6) is 0 Å². The van der Waals surface area contributed by atoms with E-state index in [1.165, 1.54) is 50.9 Å². The fraction of sp³-hybridized carbons (Fsp3) is 0.667. The van der Waals surface area contributed by atoms with Crippen LogP contribution in [-0.2, 0) is 11.3 Å². The van der Waals surface area contributed by atoms with Gasteiger partial charge in [-0.2, -0.15) is 0 Å². The molecule has 0 spiro atoms. The Labute approximate surface area is 140 Å². The Balaban J connectivity index is 0.00000176. The first kappa shape index (κ1) is 17.7. The Kier molecular flexibility index (Phi) is 7.67. The lowest BCUT2D eigenvalue weighted by Crippen LogP contribution is -2.39. The molecule has 2 heterocycles. The van der Waals surface area contributed by atoms with Crippen LogP contribution in [-0.4, -0.2) is 43.8 Å². The molecule has 1 aromatic rings. The van der Waals surface area contributed by atoms with Crippen LogP contribution in [0.1, 0.15) is 31.2 Å². The summed E-state index contributed by atoms with van der Waals surface area (Å²) in [5, 5.41) is 3.47. The lowest BCUT2D eigenvalue weighted by Gasteiger charge is -2.31. The standard InChI is InChI=1S/C18H28N2O.ClH/c1-2-5-16(6-3-1)13-20(15-18-7-4-12-21-18)14-17-8-10-19-11-9-17;/h1-3,5-6,17-19H,4,7-15H2;1H. The lowest BCUT2D eigenvalue weighted by atomic mass is 9.97. The zero-order chi connectivity index (χ0) is 14.3. The Morgan fingerprint density at radius 3 is 2.50 bits per heavy atom. The topological polar surface area (TPSA) is 24.5 Å². The highest BCUT2D eigenvalue weighted by molar-refractivity contribution is 5.85. The summed E-state index contributed by atoms with van der Waals surface area (Å²) in [4.78, 5) is 2.63. The SMILES string of the molecule is Cl.c1ccc(CN(CC2CCNCC2)CC2CCCO2)cc1. The summed E-state index contributed by atoms with van der Waals surface area (Å²) in [6.45, 7) is 6.70. The van der Waals surface area contributed by atoms with Gasteiger partial charge in [-0.3, -0.25) is 4.90 Å². The van der Waals surface area contributed by atoms with Crippen LogP contribution < -0.4 is 5.32 Å². The summed E-state index contributed by atoms with van der Waals surface area (Å²) in [6.07, 6.45) is 5.55. The van der Waals surface area contributed by atoms with Crippen molar-refractivity contribution in [1.82, 2.24) is 10.2 Å². The third-order valence-corrected chi connectivity index (χ3v) is 4.71. The lowest BCUT2D eigenvalue weighted by molar-refractivity contribution is 0.0623. The van der Waals surface area contributed by atoms with Crippen molar-refractivity contribution >= 4 is 12.4 Å². The molecule has 4 heteroatoms. The number of nitrogens with zero attached hydrogens (tertiary/aromatic N) is 1. The van der Waals surface area contributed by atoms with Gasteiger partial charge >= 0.3 is 0 Å². The Hall–Kier alpha value is -0.610. The molecule has 0 saturated carbocycles. The first-order valence-corrected chi connectivity index (χ1v) is 8.49. The van der Waals surface area contributed by atoms with Crippen LogP contribution in [0, 0.1) is 5.92 Å². The summed E-state index contributed by atoms with van der Waals surface area (Å²) < 4.78 is 5.86. The van der Waals surface area contributed by atoms with Crippen LogP contribution in [0.2, 0.25) is 0 Å². The van der Waals surface area contributed by atoms with Crippen LogP contribution in [0.4, 0.5) is 0 Å². The minimum absolute atomic E-state index is 0. The van der Waals surface area contributed by atoms with Gasteiger partial charge in [0, 0.05) is 26.2 Å². The normalized spacial score (nSPS) is 22.7. The molecule has 0 bridgehead atoms. The van der Waals surface area contributed by atoms with Crippen molar-refractivity contribution in [2.75, 3.05) is 32.8 Å². The predicted octanol–water partition coefficient (Wildman–Crippen LogP) is 3.09. The second-order valence-corrected chi connectivity index (χ2v) is 6.51. The molecule has 1 atom stereocenters. The minimum atomic E-state index is 0. The highest BCUT2D eigenvalue weighted by atomic mass is 35.5. The van der Waals surface area contributed by atoms with Gasteiger partial charge in [-0.15, -0.1) is 12.4 Å². The summed E-state index contributed by atoms with van der Waals surface area (Å²) >= 11 is 0. The van der Waals surface area contributed by atoms with E-state index in [0.717, 1.165) is 25.6 Å². The molecule has 0 radical (unpaired) electrons. The summed E-state index contributed by atoms with van der Waals surface area (Å²) in [6, 6.07) is 10.9. The van der Waals surface area contributed by atoms with E-state index in [0.29, 0.717) is 6.10 Å². The Morgan fingerprint density at radius 1 is 1.05 bits per heavy atom. The van der Waals surface area contributed by atoms with Crippen molar-refractivity contribution in [2.24, 2.45) is 5.92 Å². The number of benzene rings is 1. The first-order valence-electron chi connectivity index (χ1n) is 8.49. The predicted molar refractivity (Wildman–Crippen MR) is 93.5 cm³/mol. The molecule has 0 aromatic heterocycles. The number of piperidine rings is 1. The molecule has 3 nitrogen and oxygen atoms in total. The van der Waals surface area contributed by atoms with Crippen molar-refractivity contribution < 1.29 is 4.74 Å². The van der Waals surface area contributed by atoms with E-state index in [9.17, 15) is 0 Å². The quantitative estimate of drug-likeness (QED) is 0.870. The van der Waals surface area contributed by atoms with E-state index in [1.54, 1.807) is 0 Å². The van der Waals surface area contributed by atoms with Gasteiger partial charge in [0.2, 0.25) is 0 Å². The van der Waals surface area contributed by atoms with Crippen molar-refractivity contribution in [3.8, 4) is 0 Å². The van der Waals surface area contributed by atoms with Crippen molar-refractivity contribution in [3.63, 3.8) is 0 Å². The van der Waals surface area contributed by atoms with Gasteiger partial charge in [-0.1, -0.05) is 30.3 Å². The number of hydrogen-bond donors (Lipinski definition) is 1. The molecule has 124 valence electrons. The van der Waals surface area contributed by atoms with Gasteiger partial charge in [-0.05, 0) is 50.3 Å². The van der Waals surface area contributed by atoms with E-state index >= 15 is 0 Å². The number of nitrogens with one attached hydrogen (secondary N) is 1. The average Bonchev–Trinajstić information content (AvgIpc) is 3.02. The molecule has 0 amide bonds. The van der Waals surface area contributed by atoms with Gasteiger partial charge in [0.25, 0.3) is 0 Å². The highest BCUT2D eigenvalue weighted by Gasteiger charge is 2.22. The third kappa shape index (κ3) is 5.54. The zero-order valence-electron chi connectivity index (χ0n) is 13.4. The summed E-state index contributed by atoms with van der Waals surface area (Å²) in [7, 11) is 0. The fourth-order valence-corrected chi connectivity index (χ4v) is 3.55. The van der Waals surface area contributed by atoms with E-state index in [1.807, 2.05) is 0 Å². The van der Waals surface area contributed by atoms with Crippen LogP contribution in [0.15, 0.2) is 30.3 Å². The van der Waals surface area contributed by atoms with E-state index in [-0.39, 0.29) is 12.4 Å². The highest BCUT2D eigenvalue weighted by Crippen LogP contribution is 2.19. The molecule has 2 aliphatic heterocycles. The first-order chi connectivity index (χ1) is 10.4. The maximum Gasteiger partial charge on any atom is 0.0702 e. The molecule has 2 aliphatic rings. The fourth-order valence-electron chi connectivity index (χ4n) is 3.55. The van der Waals surface area contributed by atoms with E-state index in [4.69, 9.17) is 4.74 Å². The Morgan fingerprint density at radius 2 is 1.82 bits per heavy atom. The van der Waals surface area contributed by atoms with Crippen molar-refractivity contribution in [1.29, 1.82) is 0 Å². The minimum Gasteiger partial charge on any atom is -0.377 e. The molecule has 0 aliphatic carbocycles. The maximum atomic E-state index is 5.86. The molecule has 22 heavy (non-hydrogen) atoms. The second-order valence-electron chi connectivity index (χ2n) is 6.51. The van der Waals surface area contributed by atoms with Crippen molar-refractivity contribution in [3.05, 3.63) is 35.9 Å². The van der Waals surface area contributed by atoms with E-state index in [2.05, 4.69) is 40.5 Å². The number of rotatable bonds is 6. The Bertz CT molecular complexity index is 403. The summed E-state index contributed by atoms with van der Waals surface area (Å²) in [5.74, 6) is 0.844. The maximum absolute atomic E-state index is 5.86. The molecule has 2 saturated heterocycles. The number of hydrogen-bond acceptors (Lipinski definition) is 3. The van der Waals surface area contributed by atoms with Gasteiger partial charge in [0.05, 0.1) is 6.10 Å². The van der Waals surface area contributed by atoms with Crippen molar-refractivity contribution in [2.45, 2.75) is 38.3 Å². The number of ether oxygens (including phenoxy) is 1. The molecular formula is C18H29ClN2O. The molecule has 1 unspecified atom stereocenters. The van der Waals surface area contributed by atoms with Gasteiger partial charge in [0.1, 0.15) is 0 Å². The molecule has 2 fully saturated rings. The zero-order valence-corrected chi connectivity index (χ0v) is 14.2. The molecule has 1 N–H and O–H groups in total. The number of halogens is 1. The largest absolute Gasteiger partial charge is 0.377 e. The van der Waals surface area contributed by atoms with Gasteiger partial charge in [0.15, 0.2) is 0 Å². The molecule has 1 aromatic carbocycles. The monoisotopic (exact) mass is 324 g/mol. The second kappa shape index (κ2) is 9.51. The third-order valence-electron chi connectivity index (χ3n) is 4.71. The van der Waals surface area contributed by atoms with Crippen LogP contribution in [0.25, 0.3) is 0 Å². The van der Waals surface area contributed by atoms with Gasteiger partial charge < -0.3 is 10.1 Å². The molecular weight excluding hydrogens is 296 g/mol. The smallest absolute Gasteiger partial charge is 0.0702 e. The van der Waals surface area contributed by atoms with E-state index < -0.39 is 0 Å². The van der Waals surface area contributed by atoms with Crippen LogP contribution >= 0.6 is 12.4 Å². The van der Waals surface area contributed by atoms with Gasteiger partial charge in [-0.25, -0.2) is 0 Å². The summed E-state index contributed by atoms with van der Waals surface area (Å²) in [5.41, 5.74) is 1.42. The van der Waals surface area contributed by atoms with Crippen LogP contribution in [0.3, 0.4) is 0 Å².